The molecule has 1 N–H and O–H groups in total. The number of nitrogens with zero attached hydrogens (tertiary/aromatic N) is 2. The van der Waals surface area contributed by atoms with E-state index < -0.39 is 0 Å². The van der Waals surface area contributed by atoms with E-state index in [1.807, 2.05) is 0 Å². The zero-order chi connectivity index (χ0) is 13.5. The highest BCUT2D eigenvalue weighted by Gasteiger charge is 2.12. The van der Waals surface area contributed by atoms with Crippen LogP contribution in [0.3, 0.4) is 0 Å². The molecule has 1 heterocycles. The van der Waals surface area contributed by atoms with Crippen LogP contribution in [0.1, 0.15) is 19.4 Å². The van der Waals surface area contributed by atoms with E-state index >= 15 is 0 Å². The van der Waals surface area contributed by atoms with Crippen LogP contribution in [0.5, 0.6) is 0 Å². The van der Waals surface area contributed by atoms with Gasteiger partial charge in [0, 0.05) is 31.9 Å². The van der Waals surface area contributed by atoms with Crippen molar-refractivity contribution in [3.8, 4) is 0 Å². The molecular formula is C14H22FN3. The van der Waals surface area contributed by atoms with Gasteiger partial charge in [-0.05, 0) is 18.5 Å². The molecule has 100 valence electrons. The van der Waals surface area contributed by atoms with Gasteiger partial charge in [0.05, 0.1) is 0 Å². The Hall–Kier alpha value is -1.42. The average Bonchev–Trinajstić information content (AvgIpc) is 2.31. The van der Waals surface area contributed by atoms with Crippen molar-refractivity contribution in [3.05, 3.63) is 36.3 Å². The van der Waals surface area contributed by atoms with Crippen LogP contribution in [0.4, 0.5) is 10.2 Å². The molecule has 3 nitrogen and oxygen atoms in total. The monoisotopic (exact) mass is 251 g/mol. The molecule has 4 heteroatoms. The second kappa shape index (κ2) is 7.11. The second-order valence-corrected chi connectivity index (χ2v) is 4.80. The number of pyridine rings is 1. The first-order valence-electron chi connectivity index (χ1n) is 6.22. The first-order valence-corrected chi connectivity index (χ1v) is 6.22. The molecule has 18 heavy (non-hydrogen) atoms. The van der Waals surface area contributed by atoms with Gasteiger partial charge in [0.2, 0.25) is 0 Å². The van der Waals surface area contributed by atoms with Gasteiger partial charge in [0.1, 0.15) is 0 Å². The summed E-state index contributed by atoms with van der Waals surface area (Å²) in [5, 5.41) is 3.23. The van der Waals surface area contributed by atoms with E-state index in [0.29, 0.717) is 30.4 Å². The van der Waals surface area contributed by atoms with Gasteiger partial charge < -0.3 is 10.2 Å². The van der Waals surface area contributed by atoms with Gasteiger partial charge in [0.15, 0.2) is 11.6 Å². The fourth-order valence-electron chi connectivity index (χ4n) is 1.65. The van der Waals surface area contributed by atoms with Gasteiger partial charge in [-0.2, -0.15) is 0 Å². The van der Waals surface area contributed by atoms with Crippen LogP contribution in [-0.2, 0) is 6.54 Å². The number of anilines is 1. The van der Waals surface area contributed by atoms with Crippen LogP contribution in [0.2, 0.25) is 0 Å². The van der Waals surface area contributed by atoms with Crippen molar-refractivity contribution in [1.29, 1.82) is 0 Å². The summed E-state index contributed by atoms with van der Waals surface area (Å²) in [6.45, 7) is 9.87. The topological polar surface area (TPSA) is 28.2 Å². The number of hydrogen-bond acceptors (Lipinski definition) is 3. The number of nitrogens with one attached hydrogen (secondary N) is 1. The standard InChI is InChI=1S/C14H22FN3/c1-5-8-18(4)14-13(15)12(6-7-17-14)10-16-9-11(2)3/h5-7,11,16H,1,8-10H2,2-4H3. The molecule has 0 aromatic carbocycles. The summed E-state index contributed by atoms with van der Waals surface area (Å²) >= 11 is 0. The molecule has 0 bridgehead atoms. The van der Waals surface area contributed by atoms with E-state index in [4.69, 9.17) is 0 Å². The third-order valence-electron chi connectivity index (χ3n) is 2.58. The molecule has 1 aromatic rings. The Morgan fingerprint density at radius 1 is 1.56 bits per heavy atom. The fourth-order valence-corrected chi connectivity index (χ4v) is 1.65. The van der Waals surface area contributed by atoms with Crippen LogP contribution in [-0.4, -0.2) is 25.1 Å². The van der Waals surface area contributed by atoms with E-state index in [1.165, 1.54) is 0 Å². The number of aromatic nitrogens is 1. The summed E-state index contributed by atoms with van der Waals surface area (Å²) in [6, 6.07) is 1.72. The van der Waals surface area contributed by atoms with E-state index in [2.05, 4.69) is 30.7 Å². The van der Waals surface area contributed by atoms with Gasteiger partial charge in [-0.15, -0.1) is 6.58 Å². The zero-order valence-electron chi connectivity index (χ0n) is 11.4. The molecule has 0 saturated carbocycles. The van der Waals surface area contributed by atoms with Crippen molar-refractivity contribution in [2.75, 3.05) is 25.0 Å². The molecule has 0 saturated heterocycles. The largest absolute Gasteiger partial charge is 0.354 e. The molecule has 0 aliphatic carbocycles. The Labute approximate surface area is 109 Å². The molecule has 0 radical (unpaired) electrons. The van der Waals surface area contributed by atoms with Crippen molar-refractivity contribution in [3.63, 3.8) is 0 Å². The highest BCUT2D eigenvalue weighted by Crippen LogP contribution is 2.18. The van der Waals surface area contributed by atoms with Crippen LogP contribution in [0.15, 0.2) is 24.9 Å². The van der Waals surface area contributed by atoms with Crippen LogP contribution >= 0.6 is 0 Å². The summed E-state index contributed by atoms with van der Waals surface area (Å²) in [4.78, 5) is 5.82. The predicted molar refractivity (Wildman–Crippen MR) is 74.2 cm³/mol. The zero-order valence-corrected chi connectivity index (χ0v) is 11.4. The quantitative estimate of drug-likeness (QED) is 0.755. The van der Waals surface area contributed by atoms with E-state index in [-0.39, 0.29) is 5.82 Å². The fraction of sp³-hybridized carbons (Fsp3) is 0.500. The van der Waals surface area contributed by atoms with Crippen molar-refractivity contribution in [2.45, 2.75) is 20.4 Å². The predicted octanol–water partition coefficient (Wildman–Crippen LogP) is 2.59. The Morgan fingerprint density at radius 3 is 2.89 bits per heavy atom. The minimum Gasteiger partial charge on any atom is -0.354 e. The average molecular weight is 251 g/mol. The van der Waals surface area contributed by atoms with E-state index in [9.17, 15) is 4.39 Å². The minimum absolute atomic E-state index is 0.252. The molecule has 0 amide bonds. The maximum atomic E-state index is 14.2. The van der Waals surface area contributed by atoms with E-state index in [1.54, 1.807) is 30.3 Å². The molecule has 1 rings (SSSR count). The Kier molecular flexibility index (Phi) is 5.78. The lowest BCUT2D eigenvalue weighted by Gasteiger charge is -2.18. The number of halogens is 1. The first-order chi connectivity index (χ1) is 8.56. The second-order valence-electron chi connectivity index (χ2n) is 4.80. The van der Waals surface area contributed by atoms with Crippen LogP contribution in [0.25, 0.3) is 0 Å². The molecular weight excluding hydrogens is 229 g/mol. The highest BCUT2D eigenvalue weighted by atomic mass is 19.1. The summed E-state index contributed by atoms with van der Waals surface area (Å²) < 4.78 is 14.2. The highest BCUT2D eigenvalue weighted by molar-refractivity contribution is 5.42. The Balaban J connectivity index is 2.75. The van der Waals surface area contributed by atoms with Crippen molar-refractivity contribution in [2.24, 2.45) is 5.92 Å². The molecule has 0 unspecified atom stereocenters. The Morgan fingerprint density at radius 2 is 2.28 bits per heavy atom. The SMILES string of the molecule is C=CCN(C)c1nccc(CNCC(C)C)c1F. The lowest BCUT2D eigenvalue weighted by molar-refractivity contribution is 0.533. The lowest BCUT2D eigenvalue weighted by Crippen LogP contribution is -2.23. The van der Waals surface area contributed by atoms with E-state index in [0.717, 1.165) is 6.54 Å². The lowest BCUT2D eigenvalue weighted by atomic mass is 10.2. The van der Waals surface area contributed by atoms with Gasteiger partial charge in [0.25, 0.3) is 0 Å². The van der Waals surface area contributed by atoms with Gasteiger partial charge in [-0.25, -0.2) is 9.37 Å². The third kappa shape index (κ3) is 4.11. The van der Waals surface area contributed by atoms with Crippen LogP contribution in [0, 0.1) is 11.7 Å². The molecule has 1 aromatic heterocycles. The maximum absolute atomic E-state index is 14.2. The summed E-state index contributed by atoms with van der Waals surface area (Å²) in [7, 11) is 1.80. The van der Waals surface area contributed by atoms with Gasteiger partial charge in [-0.1, -0.05) is 19.9 Å². The summed E-state index contributed by atoms with van der Waals surface area (Å²) in [6.07, 6.45) is 3.37. The molecule has 0 fully saturated rings. The van der Waals surface area contributed by atoms with Crippen molar-refractivity contribution < 1.29 is 4.39 Å². The van der Waals surface area contributed by atoms with Crippen molar-refractivity contribution >= 4 is 5.82 Å². The van der Waals surface area contributed by atoms with Gasteiger partial charge in [-0.3, -0.25) is 0 Å². The van der Waals surface area contributed by atoms with Gasteiger partial charge >= 0.3 is 0 Å². The number of hydrogen-bond donors (Lipinski definition) is 1. The minimum atomic E-state index is -0.252. The summed E-state index contributed by atoms with van der Waals surface area (Å²) in [5.41, 5.74) is 0.650. The number of likely N-dealkylation sites (N-methyl/N-ethyl adjacent to an activating group) is 1. The molecule has 0 atom stereocenters. The number of rotatable bonds is 7. The third-order valence-corrected chi connectivity index (χ3v) is 2.58. The maximum Gasteiger partial charge on any atom is 0.170 e. The normalized spacial score (nSPS) is 10.7. The molecule has 0 spiro atoms. The van der Waals surface area contributed by atoms with Crippen LogP contribution < -0.4 is 10.2 Å². The molecule has 0 aliphatic rings. The smallest absolute Gasteiger partial charge is 0.170 e. The van der Waals surface area contributed by atoms with Crippen molar-refractivity contribution in [1.82, 2.24) is 10.3 Å². The Bertz CT molecular complexity index is 391. The first kappa shape index (κ1) is 14.6. The molecule has 0 aliphatic heterocycles. The summed E-state index contributed by atoms with van der Waals surface area (Å²) in [5.74, 6) is 0.676.